The normalized spacial score (nSPS) is 13.6. The summed E-state index contributed by atoms with van der Waals surface area (Å²) < 4.78 is 6.76. The molecule has 1 rings (SSSR count). The van der Waals surface area contributed by atoms with E-state index < -0.39 is 6.04 Å². The van der Waals surface area contributed by atoms with Crippen molar-refractivity contribution in [2.75, 3.05) is 6.61 Å². The molecule has 0 bridgehead atoms. The van der Waals surface area contributed by atoms with Crippen LogP contribution in [0.2, 0.25) is 0 Å². The highest BCUT2D eigenvalue weighted by atomic mass is 16.5. The standard InChI is InChI=1S/C18H31N3O3/c1-6-14(5)9-8-10-15(18(23)24-7-2)20-17(22)16-11-12-19-21(16)13(3)4/h11-15H,6-10H2,1-5H3,(H,20,22). The molecule has 0 aliphatic rings. The van der Waals surface area contributed by atoms with E-state index in [0.29, 0.717) is 24.6 Å². The van der Waals surface area contributed by atoms with Gasteiger partial charge in [0.15, 0.2) is 0 Å². The van der Waals surface area contributed by atoms with E-state index in [1.807, 2.05) is 13.8 Å². The minimum atomic E-state index is -0.614. The van der Waals surface area contributed by atoms with Crippen LogP contribution in [0.5, 0.6) is 0 Å². The van der Waals surface area contributed by atoms with Gasteiger partial charge in [-0.05, 0) is 39.2 Å². The molecular formula is C18H31N3O3. The Labute approximate surface area is 144 Å². The Kier molecular flexibility index (Phi) is 8.50. The summed E-state index contributed by atoms with van der Waals surface area (Å²) in [5.74, 6) is -0.0423. The summed E-state index contributed by atoms with van der Waals surface area (Å²) in [5, 5.41) is 6.98. The van der Waals surface area contributed by atoms with Crippen LogP contribution < -0.4 is 5.32 Å². The van der Waals surface area contributed by atoms with Gasteiger partial charge in [-0.2, -0.15) is 5.10 Å². The Balaban J connectivity index is 2.74. The van der Waals surface area contributed by atoms with Crippen molar-refractivity contribution in [1.29, 1.82) is 0 Å². The molecule has 136 valence electrons. The van der Waals surface area contributed by atoms with E-state index in [9.17, 15) is 9.59 Å². The van der Waals surface area contributed by atoms with Gasteiger partial charge in [-0.25, -0.2) is 4.79 Å². The van der Waals surface area contributed by atoms with Gasteiger partial charge in [0.05, 0.1) is 6.61 Å². The van der Waals surface area contributed by atoms with Crippen molar-refractivity contribution in [3.05, 3.63) is 18.0 Å². The molecule has 1 heterocycles. The molecule has 0 saturated carbocycles. The number of aromatic nitrogens is 2. The van der Waals surface area contributed by atoms with Crippen molar-refractivity contribution in [2.24, 2.45) is 5.92 Å². The first-order valence-electron chi connectivity index (χ1n) is 8.91. The topological polar surface area (TPSA) is 73.2 Å². The lowest BCUT2D eigenvalue weighted by molar-refractivity contribution is -0.145. The quantitative estimate of drug-likeness (QED) is 0.665. The Bertz CT molecular complexity index is 525. The Morgan fingerprint density at radius 2 is 1.96 bits per heavy atom. The smallest absolute Gasteiger partial charge is 0.328 e. The minimum Gasteiger partial charge on any atom is -0.464 e. The third-order valence-electron chi connectivity index (χ3n) is 4.16. The van der Waals surface area contributed by atoms with Crippen molar-refractivity contribution < 1.29 is 14.3 Å². The fourth-order valence-corrected chi connectivity index (χ4v) is 2.50. The number of rotatable bonds is 10. The van der Waals surface area contributed by atoms with Gasteiger partial charge in [0, 0.05) is 12.2 Å². The number of hydrogen-bond donors (Lipinski definition) is 1. The zero-order valence-electron chi connectivity index (χ0n) is 15.5. The Morgan fingerprint density at radius 1 is 1.25 bits per heavy atom. The molecule has 1 aromatic heterocycles. The molecule has 1 N–H and O–H groups in total. The van der Waals surface area contributed by atoms with E-state index in [1.165, 1.54) is 0 Å². The SMILES string of the molecule is CCOC(=O)C(CCCC(C)CC)NC(=O)c1ccnn1C(C)C. The van der Waals surface area contributed by atoms with Crippen molar-refractivity contribution in [1.82, 2.24) is 15.1 Å². The Morgan fingerprint density at radius 3 is 2.54 bits per heavy atom. The average molecular weight is 337 g/mol. The molecule has 0 radical (unpaired) electrons. The van der Waals surface area contributed by atoms with E-state index in [1.54, 1.807) is 23.9 Å². The summed E-state index contributed by atoms with van der Waals surface area (Å²) in [6, 6.07) is 1.13. The fourth-order valence-electron chi connectivity index (χ4n) is 2.50. The summed E-state index contributed by atoms with van der Waals surface area (Å²) in [5.41, 5.74) is 0.459. The molecule has 1 amide bonds. The van der Waals surface area contributed by atoms with Crippen molar-refractivity contribution in [2.45, 2.75) is 72.4 Å². The molecule has 24 heavy (non-hydrogen) atoms. The maximum atomic E-state index is 12.5. The third-order valence-corrected chi connectivity index (χ3v) is 4.16. The van der Waals surface area contributed by atoms with Gasteiger partial charge in [0.1, 0.15) is 11.7 Å². The lowest BCUT2D eigenvalue weighted by Crippen LogP contribution is -2.42. The number of nitrogens with zero attached hydrogens (tertiary/aromatic N) is 2. The van der Waals surface area contributed by atoms with Gasteiger partial charge in [0.2, 0.25) is 0 Å². The predicted molar refractivity (Wildman–Crippen MR) is 93.8 cm³/mol. The average Bonchev–Trinajstić information content (AvgIpc) is 3.03. The molecule has 2 atom stereocenters. The molecule has 2 unspecified atom stereocenters. The van der Waals surface area contributed by atoms with Crippen LogP contribution >= 0.6 is 0 Å². The van der Waals surface area contributed by atoms with E-state index in [-0.39, 0.29) is 17.9 Å². The zero-order chi connectivity index (χ0) is 18.1. The number of carbonyl (C=O) groups is 2. The summed E-state index contributed by atoms with van der Waals surface area (Å²) in [6.45, 7) is 10.3. The molecular weight excluding hydrogens is 306 g/mol. The van der Waals surface area contributed by atoms with Gasteiger partial charge in [0.25, 0.3) is 5.91 Å². The largest absolute Gasteiger partial charge is 0.464 e. The predicted octanol–water partition coefficient (Wildman–Crippen LogP) is 3.34. The molecule has 6 heteroatoms. The summed E-state index contributed by atoms with van der Waals surface area (Å²) in [7, 11) is 0. The number of hydrogen-bond acceptors (Lipinski definition) is 4. The van der Waals surface area contributed by atoms with Crippen molar-refractivity contribution >= 4 is 11.9 Å². The van der Waals surface area contributed by atoms with Crippen molar-refractivity contribution in [3.63, 3.8) is 0 Å². The third kappa shape index (κ3) is 5.98. The first kappa shape index (κ1) is 20.2. The van der Waals surface area contributed by atoms with Gasteiger partial charge in [-0.1, -0.05) is 33.1 Å². The second kappa shape index (κ2) is 10.1. The molecule has 0 saturated heterocycles. The van der Waals surface area contributed by atoms with Crippen LogP contribution in [0.15, 0.2) is 12.3 Å². The Hall–Kier alpha value is -1.85. The monoisotopic (exact) mass is 337 g/mol. The van der Waals surface area contributed by atoms with Gasteiger partial charge >= 0.3 is 5.97 Å². The van der Waals surface area contributed by atoms with Crippen LogP contribution in [0.3, 0.4) is 0 Å². The maximum Gasteiger partial charge on any atom is 0.328 e. The number of nitrogens with one attached hydrogen (secondary N) is 1. The van der Waals surface area contributed by atoms with E-state index in [0.717, 1.165) is 19.3 Å². The maximum absolute atomic E-state index is 12.5. The first-order valence-corrected chi connectivity index (χ1v) is 8.91. The van der Waals surface area contributed by atoms with E-state index in [4.69, 9.17) is 4.74 Å². The molecule has 0 aromatic carbocycles. The number of esters is 1. The highest BCUT2D eigenvalue weighted by Gasteiger charge is 2.24. The van der Waals surface area contributed by atoms with Gasteiger partial charge in [-0.15, -0.1) is 0 Å². The molecule has 0 aliphatic carbocycles. The lowest BCUT2D eigenvalue weighted by atomic mass is 9.99. The molecule has 6 nitrogen and oxygen atoms in total. The van der Waals surface area contributed by atoms with Gasteiger partial charge < -0.3 is 10.1 Å². The highest BCUT2D eigenvalue weighted by Crippen LogP contribution is 2.14. The highest BCUT2D eigenvalue weighted by molar-refractivity contribution is 5.95. The van der Waals surface area contributed by atoms with Gasteiger partial charge in [-0.3, -0.25) is 9.48 Å². The summed E-state index contributed by atoms with van der Waals surface area (Å²) in [6.07, 6.45) is 5.21. The second-order valence-electron chi connectivity index (χ2n) is 6.48. The lowest BCUT2D eigenvalue weighted by Gasteiger charge is -2.19. The van der Waals surface area contributed by atoms with Crippen LogP contribution in [-0.2, 0) is 9.53 Å². The van der Waals surface area contributed by atoms with E-state index >= 15 is 0 Å². The van der Waals surface area contributed by atoms with E-state index in [2.05, 4.69) is 24.3 Å². The van der Waals surface area contributed by atoms with Crippen LogP contribution in [0, 0.1) is 5.92 Å². The number of carbonyl (C=O) groups excluding carboxylic acids is 2. The molecule has 0 aliphatic heterocycles. The number of amides is 1. The van der Waals surface area contributed by atoms with Crippen LogP contribution in [0.25, 0.3) is 0 Å². The molecule has 0 fully saturated rings. The van der Waals surface area contributed by atoms with Crippen molar-refractivity contribution in [3.8, 4) is 0 Å². The molecule has 1 aromatic rings. The number of ether oxygens (including phenoxy) is 1. The second-order valence-corrected chi connectivity index (χ2v) is 6.48. The summed E-state index contributed by atoms with van der Waals surface area (Å²) in [4.78, 5) is 24.7. The summed E-state index contributed by atoms with van der Waals surface area (Å²) >= 11 is 0. The fraction of sp³-hybridized carbons (Fsp3) is 0.722. The minimum absolute atomic E-state index is 0.0761. The van der Waals surface area contributed by atoms with Crippen LogP contribution in [-0.4, -0.2) is 34.3 Å². The zero-order valence-corrected chi connectivity index (χ0v) is 15.5. The molecule has 0 spiro atoms. The first-order chi connectivity index (χ1) is 11.4. The van der Waals surface area contributed by atoms with Crippen LogP contribution in [0.1, 0.15) is 76.8 Å². The van der Waals surface area contributed by atoms with Crippen LogP contribution in [0.4, 0.5) is 0 Å².